The first-order valence-corrected chi connectivity index (χ1v) is 6.33. The first-order chi connectivity index (χ1) is 10.3. The van der Waals surface area contributed by atoms with Crippen LogP contribution >= 0.6 is 0 Å². The summed E-state index contributed by atoms with van der Waals surface area (Å²) in [4.78, 5) is 0. The Morgan fingerprint density at radius 1 is 0.909 bits per heavy atom. The van der Waals surface area contributed by atoms with Crippen molar-refractivity contribution in [3.05, 3.63) is 65.2 Å². The zero-order valence-electron chi connectivity index (χ0n) is 11.7. The van der Waals surface area contributed by atoms with E-state index in [0.717, 1.165) is 12.1 Å². The summed E-state index contributed by atoms with van der Waals surface area (Å²) in [6.07, 6.45) is 0.974. The second-order valence-corrected chi connectivity index (χ2v) is 4.66. The van der Waals surface area contributed by atoms with Gasteiger partial charge < -0.3 is 9.84 Å². The molecule has 0 aliphatic rings. The van der Waals surface area contributed by atoms with Crippen molar-refractivity contribution in [1.82, 2.24) is 0 Å². The summed E-state index contributed by atoms with van der Waals surface area (Å²) in [5, 5.41) is 10.7. The number of alkyl halides is 3. The fourth-order valence-corrected chi connectivity index (χ4v) is 2.07. The monoisotopic (exact) mass is 306 g/mol. The van der Waals surface area contributed by atoms with E-state index in [0.29, 0.717) is 11.3 Å². The Kier molecular flexibility index (Phi) is 4.16. The molecule has 1 N–H and O–H groups in total. The second-order valence-electron chi connectivity index (χ2n) is 4.66. The molecule has 0 amide bonds. The number of methoxy groups -OCH3 is 1. The predicted molar refractivity (Wildman–Crippen MR) is 76.3 cm³/mol. The van der Waals surface area contributed by atoms with Crippen LogP contribution in [0.1, 0.15) is 16.7 Å². The van der Waals surface area contributed by atoms with Crippen molar-refractivity contribution in [3.8, 4) is 18.1 Å². The Labute approximate surface area is 126 Å². The highest BCUT2D eigenvalue weighted by molar-refractivity contribution is 5.45. The van der Waals surface area contributed by atoms with E-state index in [2.05, 4.69) is 5.92 Å². The highest BCUT2D eigenvalue weighted by Crippen LogP contribution is 2.34. The third kappa shape index (κ3) is 2.92. The van der Waals surface area contributed by atoms with Gasteiger partial charge in [0.25, 0.3) is 0 Å². The fraction of sp³-hybridized carbons (Fsp3) is 0.176. The van der Waals surface area contributed by atoms with Crippen molar-refractivity contribution in [3.63, 3.8) is 0 Å². The first kappa shape index (κ1) is 15.9. The molecule has 1 atom stereocenters. The van der Waals surface area contributed by atoms with Gasteiger partial charge in [0, 0.05) is 11.1 Å². The van der Waals surface area contributed by atoms with E-state index in [1.54, 1.807) is 24.3 Å². The van der Waals surface area contributed by atoms with Crippen LogP contribution in [-0.4, -0.2) is 12.2 Å². The van der Waals surface area contributed by atoms with Crippen LogP contribution in [0, 0.1) is 12.3 Å². The average molecular weight is 306 g/mol. The molecule has 22 heavy (non-hydrogen) atoms. The van der Waals surface area contributed by atoms with E-state index >= 15 is 0 Å². The minimum absolute atomic E-state index is 0.188. The minimum Gasteiger partial charge on any atom is -0.497 e. The number of terminal acetylenes is 1. The summed E-state index contributed by atoms with van der Waals surface area (Å²) in [6.45, 7) is 0. The van der Waals surface area contributed by atoms with Crippen LogP contribution in [0.3, 0.4) is 0 Å². The van der Waals surface area contributed by atoms with Crippen LogP contribution in [0.2, 0.25) is 0 Å². The van der Waals surface area contributed by atoms with Gasteiger partial charge in [0.05, 0.1) is 12.7 Å². The molecule has 0 aromatic heterocycles. The lowest BCUT2D eigenvalue weighted by atomic mass is 9.86. The average Bonchev–Trinajstić information content (AvgIpc) is 2.53. The Hall–Kier alpha value is -2.45. The second kappa shape index (κ2) is 5.74. The van der Waals surface area contributed by atoms with Gasteiger partial charge in [-0.25, -0.2) is 0 Å². The van der Waals surface area contributed by atoms with Crippen LogP contribution in [0.15, 0.2) is 48.5 Å². The molecule has 0 bridgehead atoms. The van der Waals surface area contributed by atoms with Crippen LogP contribution in [0.5, 0.6) is 5.75 Å². The number of hydrogen-bond donors (Lipinski definition) is 1. The molecule has 0 heterocycles. The Morgan fingerprint density at radius 3 is 1.68 bits per heavy atom. The molecule has 0 saturated heterocycles. The fourth-order valence-electron chi connectivity index (χ4n) is 2.07. The van der Waals surface area contributed by atoms with Crippen molar-refractivity contribution in [2.45, 2.75) is 11.8 Å². The molecular formula is C17H13F3O2. The molecule has 0 aliphatic heterocycles. The van der Waals surface area contributed by atoms with Gasteiger partial charge in [-0.2, -0.15) is 13.2 Å². The summed E-state index contributed by atoms with van der Waals surface area (Å²) >= 11 is 0. The molecule has 0 fully saturated rings. The van der Waals surface area contributed by atoms with Gasteiger partial charge in [-0.1, -0.05) is 30.2 Å². The molecule has 2 rings (SSSR count). The molecule has 2 aromatic carbocycles. The SMILES string of the molecule is C#CC(O)(c1ccc(OC)cc1)c1ccc(C(F)(F)F)cc1. The molecule has 0 aliphatic carbocycles. The standard InChI is InChI=1S/C17H13F3O2/c1-3-16(21,13-8-10-15(22-2)11-9-13)12-4-6-14(7-5-12)17(18,19)20/h1,4-11,21H,2H3. The molecule has 0 spiro atoms. The minimum atomic E-state index is -4.44. The van der Waals surface area contributed by atoms with Crippen LogP contribution in [0.25, 0.3) is 0 Å². The van der Waals surface area contributed by atoms with Crippen molar-refractivity contribution in [2.24, 2.45) is 0 Å². The van der Waals surface area contributed by atoms with Crippen molar-refractivity contribution in [2.75, 3.05) is 7.11 Å². The first-order valence-electron chi connectivity index (χ1n) is 6.33. The molecule has 2 nitrogen and oxygen atoms in total. The molecule has 0 saturated carbocycles. The summed E-state index contributed by atoms with van der Waals surface area (Å²) < 4.78 is 42.8. The predicted octanol–water partition coefficient (Wildman–Crippen LogP) is 3.58. The highest BCUT2D eigenvalue weighted by atomic mass is 19.4. The van der Waals surface area contributed by atoms with Gasteiger partial charge in [-0.05, 0) is 24.3 Å². The van der Waals surface area contributed by atoms with E-state index in [4.69, 9.17) is 11.2 Å². The molecule has 5 heteroatoms. The zero-order chi connectivity index (χ0) is 16.4. The number of benzene rings is 2. The van der Waals surface area contributed by atoms with Gasteiger partial charge in [-0.3, -0.25) is 0 Å². The lowest BCUT2D eigenvalue weighted by Gasteiger charge is -2.24. The number of hydrogen-bond acceptors (Lipinski definition) is 2. The smallest absolute Gasteiger partial charge is 0.416 e. The quantitative estimate of drug-likeness (QED) is 0.878. The van der Waals surface area contributed by atoms with Gasteiger partial charge in [0.1, 0.15) is 5.75 Å². The number of ether oxygens (including phenoxy) is 1. The maximum Gasteiger partial charge on any atom is 0.416 e. The lowest BCUT2D eigenvalue weighted by molar-refractivity contribution is -0.137. The Balaban J connectivity index is 2.43. The van der Waals surface area contributed by atoms with Crippen LogP contribution in [0.4, 0.5) is 13.2 Å². The van der Waals surface area contributed by atoms with E-state index < -0.39 is 17.3 Å². The van der Waals surface area contributed by atoms with Crippen LogP contribution < -0.4 is 4.74 Å². The molecule has 1 unspecified atom stereocenters. The molecule has 114 valence electrons. The van der Waals surface area contributed by atoms with E-state index in [9.17, 15) is 18.3 Å². The van der Waals surface area contributed by atoms with Crippen molar-refractivity contribution >= 4 is 0 Å². The van der Waals surface area contributed by atoms with Gasteiger partial charge in [-0.15, -0.1) is 6.42 Å². The summed E-state index contributed by atoms with van der Waals surface area (Å²) in [5.74, 6) is 2.82. The summed E-state index contributed by atoms with van der Waals surface area (Å²) in [5.41, 5.74) is -2.05. The maximum absolute atomic E-state index is 12.6. The van der Waals surface area contributed by atoms with E-state index in [1.165, 1.54) is 19.2 Å². The zero-order valence-corrected chi connectivity index (χ0v) is 11.7. The normalized spacial score (nSPS) is 14.0. The van der Waals surface area contributed by atoms with E-state index in [1.807, 2.05) is 0 Å². The Bertz CT molecular complexity index is 682. The molecular weight excluding hydrogens is 293 g/mol. The Morgan fingerprint density at radius 2 is 1.32 bits per heavy atom. The van der Waals surface area contributed by atoms with E-state index in [-0.39, 0.29) is 5.56 Å². The lowest BCUT2D eigenvalue weighted by Crippen LogP contribution is -2.25. The number of halogens is 3. The van der Waals surface area contributed by atoms with Gasteiger partial charge in [0.2, 0.25) is 0 Å². The number of aliphatic hydroxyl groups is 1. The van der Waals surface area contributed by atoms with Crippen molar-refractivity contribution < 1.29 is 23.0 Å². The summed E-state index contributed by atoms with van der Waals surface area (Å²) in [7, 11) is 1.50. The maximum atomic E-state index is 12.6. The van der Waals surface area contributed by atoms with Crippen LogP contribution in [-0.2, 0) is 11.8 Å². The third-order valence-corrected chi connectivity index (χ3v) is 3.35. The number of rotatable bonds is 3. The van der Waals surface area contributed by atoms with Gasteiger partial charge >= 0.3 is 6.18 Å². The topological polar surface area (TPSA) is 29.5 Å². The molecule has 0 radical (unpaired) electrons. The largest absolute Gasteiger partial charge is 0.497 e. The summed E-state index contributed by atoms with van der Waals surface area (Å²) in [6, 6.07) is 10.5. The highest BCUT2D eigenvalue weighted by Gasteiger charge is 2.33. The van der Waals surface area contributed by atoms with Gasteiger partial charge in [0.15, 0.2) is 5.60 Å². The third-order valence-electron chi connectivity index (χ3n) is 3.35. The molecule has 2 aromatic rings. The van der Waals surface area contributed by atoms with Crippen molar-refractivity contribution in [1.29, 1.82) is 0 Å².